The maximum Gasteiger partial charge on any atom is 0.265 e. The maximum absolute atomic E-state index is 12.9. The predicted octanol–water partition coefficient (Wildman–Crippen LogP) is 4.69. The Morgan fingerprint density at radius 2 is 1.38 bits per heavy atom. The van der Waals surface area contributed by atoms with Crippen molar-refractivity contribution < 1.29 is 36.0 Å². The highest BCUT2D eigenvalue weighted by Gasteiger charge is 2.24. The Balaban J connectivity index is 0.000000385. The summed E-state index contributed by atoms with van der Waals surface area (Å²) in [6, 6.07) is 23.3. The first-order valence-electron chi connectivity index (χ1n) is 14.6. The largest absolute Gasteiger partial charge is 0.744 e. The van der Waals surface area contributed by atoms with Gasteiger partial charge in [-0.3, -0.25) is 8.87 Å². The van der Waals surface area contributed by atoms with E-state index in [4.69, 9.17) is 9.72 Å². The van der Waals surface area contributed by atoms with E-state index in [1.807, 2.05) is 64.1 Å². The van der Waals surface area contributed by atoms with Crippen molar-refractivity contribution in [1.29, 1.82) is 0 Å². The molecule has 0 N–H and O–H groups in total. The van der Waals surface area contributed by atoms with Crippen LogP contribution in [-0.4, -0.2) is 55.0 Å². The van der Waals surface area contributed by atoms with Gasteiger partial charge in [-0.25, -0.2) is 21.8 Å². The zero-order chi connectivity index (χ0) is 34.5. The Bertz CT molecular complexity index is 2090. The standard InChI is InChI=1S/C27H29N3O5S.C7H8O3S/c1-5-25-28-26-19(3)24(35-4)15-14-23(26)30(25)21-10-8-20(9-11-21)16-17-29(27(31)32)36(33,34)22-12-6-18(2)7-13-22;1-6-2-4-7(5-3-6)11(8,9)10/h6-15H,5,16-17H2,1-4H3,(H,31,32);2-5H,1H3,(H,8,9,10)/p-2. The van der Waals surface area contributed by atoms with Gasteiger partial charge in [-0.2, -0.15) is 0 Å². The molecule has 1 amide bonds. The molecule has 5 rings (SSSR count). The first kappa shape index (κ1) is 35.1. The van der Waals surface area contributed by atoms with Gasteiger partial charge in [-0.05, 0) is 81.3 Å². The minimum absolute atomic E-state index is 0.0846. The molecule has 248 valence electrons. The number of carbonyl (C=O) groups is 1. The second kappa shape index (κ2) is 14.4. The van der Waals surface area contributed by atoms with Crippen LogP contribution < -0.4 is 9.84 Å². The number of amides is 1. The van der Waals surface area contributed by atoms with Crippen LogP contribution in [0.5, 0.6) is 5.75 Å². The lowest BCUT2D eigenvalue weighted by Gasteiger charge is -2.24. The average Bonchev–Trinajstić information content (AvgIpc) is 3.41. The molecule has 0 aliphatic heterocycles. The van der Waals surface area contributed by atoms with Crippen molar-refractivity contribution in [3.8, 4) is 11.4 Å². The smallest absolute Gasteiger partial charge is 0.265 e. The van der Waals surface area contributed by atoms with E-state index in [1.54, 1.807) is 31.4 Å². The zero-order valence-electron chi connectivity index (χ0n) is 26.6. The quantitative estimate of drug-likeness (QED) is 0.202. The molecule has 0 unspecified atom stereocenters. The molecule has 11 nitrogen and oxygen atoms in total. The second-order valence-corrected chi connectivity index (χ2v) is 14.1. The minimum Gasteiger partial charge on any atom is -0.744 e. The van der Waals surface area contributed by atoms with Crippen molar-refractivity contribution in [2.75, 3.05) is 13.7 Å². The molecule has 47 heavy (non-hydrogen) atoms. The van der Waals surface area contributed by atoms with Crippen molar-refractivity contribution in [3.63, 3.8) is 0 Å². The van der Waals surface area contributed by atoms with Gasteiger partial charge in [0.05, 0.1) is 27.9 Å². The molecule has 4 aromatic carbocycles. The highest BCUT2D eigenvalue weighted by Crippen LogP contribution is 2.30. The zero-order valence-corrected chi connectivity index (χ0v) is 28.3. The Hall–Kier alpha value is -4.72. The summed E-state index contributed by atoms with van der Waals surface area (Å²) in [5.41, 5.74) is 6.32. The van der Waals surface area contributed by atoms with Crippen molar-refractivity contribution >= 4 is 37.3 Å². The van der Waals surface area contributed by atoms with Crippen LogP contribution in [0.25, 0.3) is 16.7 Å². The molecule has 0 saturated heterocycles. The lowest BCUT2D eigenvalue weighted by molar-refractivity contribution is -0.259. The molecule has 0 atom stereocenters. The van der Waals surface area contributed by atoms with E-state index in [2.05, 4.69) is 4.57 Å². The maximum atomic E-state index is 12.9. The van der Waals surface area contributed by atoms with E-state index in [1.165, 1.54) is 24.3 Å². The Morgan fingerprint density at radius 1 is 0.830 bits per heavy atom. The third-order valence-electron chi connectivity index (χ3n) is 7.56. The molecular formula is C34H35N3O8S2-2. The molecule has 0 radical (unpaired) electrons. The molecular weight excluding hydrogens is 643 g/mol. The molecule has 0 spiro atoms. The number of hydrogen-bond donors (Lipinski definition) is 0. The second-order valence-electron chi connectivity index (χ2n) is 10.8. The molecule has 0 aliphatic carbocycles. The van der Waals surface area contributed by atoms with E-state index in [0.29, 0.717) is 4.31 Å². The Labute approximate surface area is 274 Å². The van der Waals surface area contributed by atoms with E-state index in [-0.39, 0.29) is 22.8 Å². The van der Waals surface area contributed by atoms with E-state index in [0.717, 1.165) is 57.0 Å². The Kier molecular flexibility index (Phi) is 10.7. The number of imidazole rings is 1. The SMILES string of the molecule is CCc1nc2c(C)c(OC)ccc2n1-c1ccc(CCN(C(=O)[O-])S(=O)(=O)c2ccc(C)cc2)cc1.Cc1ccc(S(=O)(=O)[O-])cc1. The lowest BCUT2D eigenvalue weighted by atomic mass is 10.1. The normalized spacial score (nSPS) is 11.5. The van der Waals surface area contributed by atoms with Gasteiger partial charge in [0.25, 0.3) is 10.0 Å². The number of sulfonamides is 1. The minimum atomic E-state index is -4.27. The molecule has 5 aromatic rings. The number of aromatic nitrogens is 2. The number of methoxy groups -OCH3 is 1. The fourth-order valence-electron chi connectivity index (χ4n) is 4.95. The van der Waals surface area contributed by atoms with E-state index in [9.17, 15) is 31.3 Å². The molecule has 0 bridgehead atoms. The lowest BCUT2D eigenvalue weighted by Crippen LogP contribution is -2.45. The van der Waals surface area contributed by atoms with E-state index >= 15 is 0 Å². The molecule has 0 aliphatic rings. The summed E-state index contributed by atoms with van der Waals surface area (Å²) >= 11 is 0. The first-order chi connectivity index (χ1) is 22.2. The highest BCUT2D eigenvalue weighted by atomic mass is 32.2. The summed E-state index contributed by atoms with van der Waals surface area (Å²) in [4.78, 5) is 16.3. The number of rotatable bonds is 9. The number of hydrogen-bond acceptors (Lipinski definition) is 9. The van der Waals surface area contributed by atoms with Crippen LogP contribution in [-0.2, 0) is 33.0 Å². The van der Waals surface area contributed by atoms with Gasteiger partial charge in [-0.15, -0.1) is 0 Å². The van der Waals surface area contributed by atoms with Crippen LogP contribution in [0.2, 0.25) is 0 Å². The van der Waals surface area contributed by atoms with Crippen molar-refractivity contribution in [2.24, 2.45) is 0 Å². The van der Waals surface area contributed by atoms with Gasteiger partial charge in [-0.1, -0.05) is 54.4 Å². The summed E-state index contributed by atoms with van der Waals surface area (Å²) in [5.74, 6) is 1.68. The molecule has 13 heteroatoms. The third kappa shape index (κ3) is 7.99. The van der Waals surface area contributed by atoms with Gasteiger partial charge >= 0.3 is 0 Å². The Morgan fingerprint density at radius 3 is 1.87 bits per heavy atom. The number of aryl methyl sites for hydroxylation is 4. The monoisotopic (exact) mass is 677 g/mol. The summed E-state index contributed by atoms with van der Waals surface area (Å²) in [7, 11) is -6.86. The van der Waals surface area contributed by atoms with Crippen LogP contribution in [0.3, 0.4) is 0 Å². The van der Waals surface area contributed by atoms with Crippen molar-refractivity contribution in [1.82, 2.24) is 13.9 Å². The van der Waals surface area contributed by atoms with Crippen LogP contribution in [0.1, 0.15) is 35.0 Å². The number of benzene rings is 4. The number of nitrogens with zero attached hydrogens (tertiary/aromatic N) is 3. The van der Waals surface area contributed by atoms with Crippen LogP contribution in [0, 0.1) is 20.8 Å². The first-order valence-corrected chi connectivity index (χ1v) is 17.5. The summed E-state index contributed by atoms with van der Waals surface area (Å²) in [6.45, 7) is 7.42. The fraction of sp³-hybridized carbons (Fsp3) is 0.235. The summed E-state index contributed by atoms with van der Waals surface area (Å²) < 4.78 is 64.8. The van der Waals surface area contributed by atoms with Gasteiger partial charge in [0.15, 0.2) is 6.09 Å². The average molecular weight is 678 g/mol. The number of fused-ring (bicyclic) bond motifs is 1. The van der Waals surface area contributed by atoms with Crippen LogP contribution >= 0.6 is 0 Å². The van der Waals surface area contributed by atoms with E-state index < -0.39 is 26.2 Å². The third-order valence-corrected chi connectivity index (χ3v) is 10.2. The summed E-state index contributed by atoms with van der Waals surface area (Å²) in [5, 5.41) is 11.7. The molecule has 1 heterocycles. The number of carbonyl (C=O) groups excluding carboxylic acids is 1. The van der Waals surface area contributed by atoms with Gasteiger partial charge < -0.3 is 19.2 Å². The molecule has 1 aromatic heterocycles. The van der Waals surface area contributed by atoms with Crippen LogP contribution in [0.4, 0.5) is 4.79 Å². The van der Waals surface area contributed by atoms with Crippen LogP contribution in [0.15, 0.2) is 94.7 Å². The predicted molar refractivity (Wildman–Crippen MR) is 175 cm³/mol. The van der Waals surface area contributed by atoms with Crippen molar-refractivity contribution in [3.05, 3.63) is 113 Å². The van der Waals surface area contributed by atoms with Gasteiger partial charge in [0, 0.05) is 24.2 Å². The topological polar surface area (TPSA) is 162 Å². The molecule has 0 saturated carbocycles. The highest BCUT2D eigenvalue weighted by molar-refractivity contribution is 7.89. The van der Waals surface area contributed by atoms with Crippen molar-refractivity contribution in [2.45, 2.75) is 50.3 Å². The fourth-order valence-corrected chi connectivity index (χ4v) is 6.68. The van der Waals surface area contributed by atoms with Gasteiger partial charge in [0.1, 0.15) is 21.7 Å². The number of carboxylic acid groups (broad SMARTS) is 1. The van der Waals surface area contributed by atoms with Gasteiger partial charge in [0.2, 0.25) is 0 Å². The molecule has 0 fully saturated rings. The summed E-state index contributed by atoms with van der Waals surface area (Å²) in [6.07, 6.45) is -0.813. The number of ether oxygens (including phenoxy) is 1.